The summed E-state index contributed by atoms with van der Waals surface area (Å²) in [4.78, 5) is 4.22. The van der Waals surface area contributed by atoms with E-state index in [1.807, 2.05) is 47.3 Å². The average Bonchev–Trinajstić information content (AvgIpc) is 3.01. The van der Waals surface area contributed by atoms with E-state index in [1.54, 1.807) is 7.05 Å². The molecule has 0 aliphatic rings. The summed E-state index contributed by atoms with van der Waals surface area (Å²) in [6, 6.07) is 12.5. The topological polar surface area (TPSA) is 54.2 Å². The average molecular weight is 285 g/mol. The SMILES string of the molecule is CCC(C)NC(=NC)NCc1ccn(-c2ccccc2)n1. The molecule has 1 atom stereocenters. The summed E-state index contributed by atoms with van der Waals surface area (Å²) in [5.41, 5.74) is 2.04. The first-order valence-electron chi connectivity index (χ1n) is 7.30. The molecule has 1 aromatic heterocycles. The van der Waals surface area contributed by atoms with Gasteiger partial charge in [-0.3, -0.25) is 4.99 Å². The van der Waals surface area contributed by atoms with Gasteiger partial charge in [0.1, 0.15) is 0 Å². The Kier molecular flexibility index (Phi) is 5.37. The number of benzene rings is 1. The number of nitrogens with one attached hydrogen (secondary N) is 2. The quantitative estimate of drug-likeness (QED) is 0.655. The van der Waals surface area contributed by atoms with Crippen molar-refractivity contribution in [1.82, 2.24) is 20.4 Å². The first kappa shape index (κ1) is 15.1. The van der Waals surface area contributed by atoms with Gasteiger partial charge in [-0.15, -0.1) is 0 Å². The van der Waals surface area contributed by atoms with Gasteiger partial charge in [0.05, 0.1) is 17.9 Å². The first-order chi connectivity index (χ1) is 10.2. The van der Waals surface area contributed by atoms with Crippen LogP contribution < -0.4 is 10.6 Å². The summed E-state index contributed by atoms with van der Waals surface area (Å²) >= 11 is 0. The van der Waals surface area contributed by atoms with E-state index in [1.165, 1.54) is 0 Å². The zero-order valence-electron chi connectivity index (χ0n) is 12.9. The highest BCUT2D eigenvalue weighted by atomic mass is 15.3. The van der Waals surface area contributed by atoms with Crippen LogP contribution in [0.5, 0.6) is 0 Å². The lowest BCUT2D eigenvalue weighted by molar-refractivity contribution is 0.622. The predicted octanol–water partition coefficient (Wildman–Crippen LogP) is 2.34. The number of nitrogens with zero attached hydrogens (tertiary/aromatic N) is 3. The van der Waals surface area contributed by atoms with Crippen molar-refractivity contribution < 1.29 is 0 Å². The lowest BCUT2D eigenvalue weighted by atomic mass is 10.3. The highest BCUT2D eigenvalue weighted by molar-refractivity contribution is 5.79. The van der Waals surface area contributed by atoms with Crippen LogP contribution in [0, 0.1) is 0 Å². The van der Waals surface area contributed by atoms with Gasteiger partial charge in [-0.25, -0.2) is 4.68 Å². The van der Waals surface area contributed by atoms with E-state index in [-0.39, 0.29) is 0 Å². The second kappa shape index (κ2) is 7.47. The van der Waals surface area contributed by atoms with E-state index < -0.39 is 0 Å². The molecule has 1 aromatic carbocycles. The van der Waals surface area contributed by atoms with Crippen LogP contribution in [0.4, 0.5) is 0 Å². The largest absolute Gasteiger partial charge is 0.354 e. The molecule has 0 aliphatic heterocycles. The third-order valence-electron chi connectivity index (χ3n) is 3.32. The van der Waals surface area contributed by atoms with E-state index in [4.69, 9.17) is 0 Å². The maximum atomic E-state index is 4.56. The van der Waals surface area contributed by atoms with E-state index in [2.05, 4.69) is 34.6 Å². The number of rotatable bonds is 5. The van der Waals surface area contributed by atoms with Gasteiger partial charge in [0.15, 0.2) is 5.96 Å². The smallest absolute Gasteiger partial charge is 0.191 e. The molecule has 2 aromatic rings. The maximum Gasteiger partial charge on any atom is 0.191 e. The number of hydrogen-bond donors (Lipinski definition) is 2. The minimum Gasteiger partial charge on any atom is -0.354 e. The number of para-hydroxylation sites is 1. The van der Waals surface area contributed by atoms with Crippen LogP contribution in [-0.2, 0) is 6.54 Å². The van der Waals surface area contributed by atoms with Crippen LogP contribution in [0.2, 0.25) is 0 Å². The first-order valence-corrected chi connectivity index (χ1v) is 7.30. The number of aliphatic imine (C=N–C) groups is 1. The van der Waals surface area contributed by atoms with Crippen LogP contribution in [-0.4, -0.2) is 28.8 Å². The standard InChI is InChI=1S/C16H23N5/c1-4-13(2)19-16(17-3)18-12-14-10-11-21(20-14)15-8-6-5-7-9-15/h5-11,13H,4,12H2,1-3H3,(H2,17,18,19). The molecule has 5 nitrogen and oxygen atoms in total. The summed E-state index contributed by atoms with van der Waals surface area (Å²) in [5, 5.41) is 11.2. The third-order valence-corrected chi connectivity index (χ3v) is 3.32. The normalized spacial score (nSPS) is 13.0. The van der Waals surface area contributed by atoms with Gasteiger partial charge in [0.2, 0.25) is 0 Å². The molecule has 112 valence electrons. The number of guanidine groups is 1. The van der Waals surface area contributed by atoms with Gasteiger partial charge in [0.25, 0.3) is 0 Å². The van der Waals surface area contributed by atoms with Crippen LogP contribution in [0.15, 0.2) is 47.6 Å². The van der Waals surface area contributed by atoms with Crippen molar-refractivity contribution in [3.8, 4) is 5.69 Å². The number of hydrogen-bond acceptors (Lipinski definition) is 2. The molecular weight excluding hydrogens is 262 g/mol. The monoisotopic (exact) mass is 285 g/mol. The van der Waals surface area contributed by atoms with Crippen molar-refractivity contribution in [3.63, 3.8) is 0 Å². The van der Waals surface area contributed by atoms with E-state index >= 15 is 0 Å². The summed E-state index contributed by atoms with van der Waals surface area (Å²) < 4.78 is 1.88. The highest BCUT2D eigenvalue weighted by Crippen LogP contribution is 2.06. The maximum absolute atomic E-state index is 4.56. The molecule has 0 spiro atoms. The Balaban J connectivity index is 1.94. The Morgan fingerprint density at radius 2 is 2.05 bits per heavy atom. The number of aromatic nitrogens is 2. The molecule has 0 radical (unpaired) electrons. The van der Waals surface area contributed by atoms with Crippen molar-refractivity contribution in [2.45, 2.75) is 32.9 Å². The molecule has 1 unspecified atom stereocenters. The molecule has 2 N–H and O–H groups in total. The van der Waals surface area contributed by atoms with Crippen LogP contribution in [0.25, 0.3) is 5.69 Å². The fourth-order valence-electron chi connectivity index (χ4n) is 1.88. The van der Waals surface area contributed by atoms with Crippen molar-refractivity contribution >= 4 is 5.96 Å². The van der Waals surface area contributed by atoms with E-state index in [0.29, 0.717) is 12.6 Å². The molecule has 0 aliphatic carbocycles. The predicted molar refractivity (Wildman–Crippen MR) is 86.7 cm³/mol. The third kappa shape index (κ3) is 4.34. The second-order valence-corrected chi connectivity index (χ2v) is 4.97. The zero-order chi connectivity index (χ0) is 15.1. The molecule has 0 amide bonds. The van der Waals surface area contributed by atoms with E-state index in [9.17, 15) is 0 Å². The molecule has 21 heavy (non-hydrogen) atoms. The lowest BCUT2D eigenvalue weighted by Crippen LogP contribution is -2.41. The Labute approximate surface area is 126 Å². The Hall–Kier alpha value is -2.30. The Bertz CT molecular complexity index is 573. The van der Waals surface area contributed by atoms with Crippen molar-refractivity contribution in [3.05, 3.63) is 48.3 Å². The van der Waals surface area contributed by atoms with Crippen LogP contribution in [0.3, 0.4) is 0 Å². The van der Waals surface area contributed by atoms with Crippen molar-refractivity contribution in [2.24, 2.45) is 4.99 Å². The van der Waals surface area contributed by atoms with Gasteiger partial charge >= 0.3 is 0 Å². The van der Waals surface area contributed by atoms with Gasteiger partial charge in [0, 0.05) is 19.3 Å². The van der Waals surface area contributed by atoms with Crippen LogP contribution >= 0.6 is 0 Å². The molecule has 0 fully saturated rings. The minimum atomic E-state index is 0.401. The minimum absolute atomic E-state index is 0.401. The van der Waals surface area contributed by atoms with E-state index in [0.717, 1.165) is 23.8 Å². The summed E-state index contributed by atoms with van der Waals surface area (Å²) in [6.07, 6.45) is 3.03. The Morgan fingerprint density at radius 1 is 1.29 bits per heavy atom. The van der Waals surface area contributed by atoms with Gasteiger partial charge < -0.3 is 10.6 Å². The fraction of sp³-hybridized carbons (Fsp3) is 0.375. The fourth-order valence-corrected chi connectivity index (χ4v) is 1.88. The molecular formula is C16H23N5. The Morgan fingerprint density at radius 3 is 2.71 bits per heavy atom. The summed E-state index contributed by atoms with van der Waals surface area (Å²) in [7, 11) is 1.78. The molecule has 5 heteroatoms. The van der Waals surface area contributed by atoms with Gasteiger partial charge in [-0.2, -0.15) is 5.10 Å². The highest BCUT2D eigenvalue weighted by Gasteiger charge is 2.04. The second-order valence-electron chi connectivity index (χ2n) is 4.97. The molecule has 0 saturated heterocycles. The van der Waals surface area contributed by atoms with Crippen LogP contribution in [0.1, 0.15) is 26.0 Å². The molecule has 0 bridgehead atoms. The molecule has 0 saturated carbocycles. The van der Waals surface area contributed by atoms with Gasteiger partial charge in [-0.1, -0.05) is 25.1 Å². The lowest BCUT2D eigenvalue weighted by Gasteiger charge is -2.15. The summed E-state index contributed by atoms with van der Waals surface area (Å²) in [6.45, 7) is 4.93. The van der Waals surface area contributed by atoms with Gasteiger partial charge in [-0.05, 0) is 31.5 Å². The van der Waals surface area contributed by atoms with Crippen molar-refractivity contribution in [2.75, 3.05) is 7.05 Å². The molecule has 2 rings (SSSR count). The molecule has 1 heterocycles. The summed E-state index contributed by atoms with van der Waals surface area (Å²) in [5.74, 6) is 0.804. The van der Waals surface area contributed by atoms with Crippen molar-refractivity contribution in [1.29, 1.82) is 0 Å². The zero-order valence-corrected chi connectivity index (χ0v) is 12.9.